The van der Waals surface area contributed by atoms with Crippen molar-refractivity contribution in [2.45, 2.75) is 65.2 Å². The molecule has 2 aromatic carbocycles. The topological polar surface area (TPSA) is 0 Å². The van der Waals surface area contributed by atoms with Crippen LogP contribution in [0.4, 0.5) is 11.4 Å². The third-order valence-electron chi connectivity index (χ3n) is 5.43. The Morgan fingerprint density at radius 1 is 0.577 bits per heavy atom. The number of quaternary nitrogens is 1. The second-order valence-electron chi connectivity index (χ2n) is 7.15. The molecule has 144 valence electrons. The molecule has 0 amide bonds. The van der Waals surface area contributed by atoms with Crippen LogP contribution in [0.15, 0.2) is 60.7 Å². The van der Waals surface area contributed by atoms with Gasteiger partial charge in [-0.15, -0.1) is 0 Å². The summed E-state index contributed by atoms with van der Waals surface area (Å²) >= 11 is 0. The number of nitrogens with zero attached hydrogens (tertiary/aromatic N) is 1. The summed E-state index contributed by atoms with van der Waals surface area (Å²) < 4.78 is 0.970. The van der Waals surface area contributed by atoms with Crippen LogP contribution in [0.2, 0.25) is 0 Å². The van der Waals surface area contributed by atoms with Gasteiger partial charge >= 0.3 is 0 Å². The predicted molar refractivity (Wildman–Crippen MR) is 112 cm³/mol. The van der Waals surface area contributed by atoms with E-state index in [4.69, 9.17) is 0 Å². The highest BCUT2D eigenvalue weighted by Crippen LogP contribution is 2.34. The van der Waals surface area contributed by atoms with Crippen LogP contribution in [0, 0.1) is 0 Å². The molecule has 2 rings (SSSR count). The summed E-state index contributed by atoms with van der Waals surface area (Å²) in [7, 11) is 0. The van der Waals surface area contributed by atoms with Gasteiger partial charge in [-0.25, -0.2) is 0 Å². The van der Waals surface area contributed by atoms with E-state index in [0.29, 0.717) is 0 Å². The summed E-state index contributed by atoms with van der Waals surface area (Å²) in [4.78, 5) is 0. The first kappa shape index (κ1) is 22.7. The maximum atomic E-state index is 2.32. The van der Waals surface area contributed by atoms with Gasteiger partial charge in [-0.1, -0.05) is 81.8 Å². The third kappa shape index (κ3) is 6.45. The standard InChI is InChI=1S/C24H36N.ClH/c1-3-5-6-7-8-9-10-17-22-25(4-2,23-18-13-11-14-19-23)24-20-15-12-16-21-24;/h11-16,18-21H,3-10,17,22H2,1-2H3;1H/q+1;/p-1. The Balaban J connectivity index is 0.00000338. The number of benzene rings is 2. The van der Waals surface area contributed by atoms with Gasteiger partial charge in [0.1, 0.15) is 11.4 Å². The zero-order chi connectivity index (χ0) is 17.8. The van der Waals surface area contributed by atoms with Gasteiger partial charge in [-0.3, -0.25) is 4.48 Å². The zero-order valence-corrected chi connectivity index (χ0v) is 17.4. The van der Waals surface area contributed by atoms with Crippen molar-refractivity contribution in [3.8, 4) is 0 Å². The van der Waals surface area contributed by atoms with Gasteiger partial charge in [0.25, 0.3) is 0 Å². The summed E-state index contributed by atoms with van der Waals surface area (Å²) in [5.41, 5.74) is 2.83. The summed E-state index contributed by atoms with van der Waals surface area (Å²) in [6, 6.07) is 22.1. The molecule has 0 N–H and O–H groups in total. The lowest BCUT2D eigenvalue weighted by molar-refractivity contribution is -0.00000526. The van der Waals surface area contributed by atoms with E-state index in [9.17, 15) is 0 Å². The minimum absolute atomic E-state index is 0. The van der Waals surface area contributed by atoms with Crippen LogP contribution < -0.4 is 16.9 Å². The average Bonchev–Trinajstić information content (AvgIpc) is 2.69. The molecule has 0 atom stereocenters. The molecule has 0 radical (unpaired) electrons. The first-order chi connectivity index (χ1) is 12.3. The molecule has 26 heavy (non-hydrogen) atoms. The minimum atomic E-state index is 0. The number of halogens is 1. The minimum Gasteiger partial charge on any atom is -1.00 e. The van der Waals surface area contributed by atoms with Gasteiger partial charge in [-0.2, -0.15) is 0 Å². The van der Waals surface area contributed by atoms with Crippen molar-refractivity contribution in [2.24, 2.45) is 0 Å². The summed E-state index contributed by atoms with van der Waals surface area (Å²) in [6.07, 6.45) is 11.0. The molecule has 0 aromatic heterocycles. The van der Waals surface area contributed by atoms with E-state index < -0.39 is 0 Å². The molecular formula is C24H36ClN. The second-order valence-corrected chi connectivity index (χ2v) is 7.15. The van der Waals surface area contributed by atoms with E-state index in [2.05, 4.69) is 74.5 Å². The average molecular weight is 374 g/mol. The van der Waals surface area contributed by atoms with E-state index in [1.807, 2.05) is 0 Å². The normalized spacial score (nSPS) is 11.2. The Hall–Kier alpha value is -1.31. The van der Waals surface area contributed by atoms with Crippen molar-refractivity contribution >= 4 is 11.4 Å². The fourth-order valence-corrected chi connectivity index (χ4v) is 3.87. The van der Waals surface area contributed by atoms with E-state index in [-0.39, 0.29) is 12.4 Å². The fourth-order valence-electron chi connectivity index (χ4n) is 3.87. The molecule has 0 bridgehead atoms. The maximum absolute atomic E-state index is 2.32. The Bertz CT molecular complexity index is 528. The van der Waals surface area contributed by atoms with Crippen molar-refractivity contribution < 1.29 is 12.4 Å². The number of rotatable bonds is 12. The van der Waals surface area contributed by atoms with Crippen LogP contribution in [0.3, 0.4) is 0 Å². The molecule has 2 aromatic rings. The van der Waals surface area contributed by atoms with Crippen LogP contribution in [-0.4, -0.2) is 13.1 Å². The lowest BCUT2D eigenvalue weighted by atomic mass is 10.1. The van der Waals surface area contributed by atoms with Crippen LogP contribution in [0.5, 0.6) is 0 Å². The van der Waals surface area contributed by atoms with Gasteiger partial charge in [0.2, 0.25) is 0 Å². The zero-order valence-electron chi connectivity index (χ0n) is 16.7. The van der Waals surface area contributed by atoms with Crippen molar-refractivity contribution in [1.82, 2.24) is 4.48 Å². The molecule has 1 nitrogen and oxygen atoms in total. The Morgan fingerprint density at radius 2 is 1.00 bits per heavy atom. The first-order valence-electron chi connectivity index (χ1n) is 10.3. The van der Waals surface area contributed by atoms with Crippen LogP contribution >= 0.6 is 0 Å². The van der Waals surface area contributed by atoms with Crippen molar-refractivity contribution in [2.75, 3.05) is 13.1 Å². The van der Waals surface area contributed by atoms with E-state index in [1.165, 1.54) is 69.3 Å². The SMILES string of the molecule is CCCCCCCCCC[N+](CC)(c1ccccc1)c1ccccc1.[Cl-]. The largest absolute Gasteiger partial charge is 1.00 e. The smallest absolute Gasteiger partial charge is 0.137 e. The number of hydrogen-bond donors (Lipinski definition) is 0. The van der Waals surface area contributed by atoms with Gasteiger partial charge in [0, 0.05) is 0 Å². The maximum Gasteiger partial charge on any atom is 0.137 e. The fraction of sp³-hybridized carbons (Fsp3) is 0.500. The Labute approximate surface area is 167 Å². The van der Waals surface area contributed by atoms with Gasteiger partial charge in [0.15, 0.2) is 0 Å². The molecule has 0 spiro atoms. The van der Waals surface area contributed by atoms with E-state index in [1.54, 1.807) is 0 Å². The molecule has 0 aliphatic carbocycles. The van der Waals surface area contributed by atoms with E-state index >= 15 is 0 Å². The summed E-state index contributed by atoms with van der Waals surface area (Å²) in [5, 5.41) is 0. The summed E-state index contributed by atoms with van der Waals surface area (Å²) in [5.74, 6) is 0. The Morgan fingerprint density at radius 3 is 1.42 bits per heavy atom. The predicted octanol–water partition coefficient (Wildman–Crippen LogP) is 4.49. The third-order valence-corrected chi connectivity index (χ3v) is 5.43. The van der Waals surface area contributed by atoms with Crippen LogP contribution in [0.1, 0.15) is 65.2 Å². The monoisotopic (exact) mass is 373 g/mol. The van der Waals surface area contributed by atoms with Crippen LogP contribution in [0.25, 0.3) is 0 Å². The first-order valence-corrected chi connectivity index (χ1v) is 10.3. The van der Waals surface area contributed by atoms with E-state index in [0.717, 1.165) is 11.0 Å². The summed E-state index contributed by atoms with van der Waals surface area (Å²) in [6.45, 7) is 6.91. The lowest BCUT2D eigenvalue weighted by Crippen LogP contribution is -3.00. The number of unbranched alkanes of at least 4 members (excludes halogenated alkanes) is 7. The molecule has 0 unspecified atom stereocenters. The molecule has 0 aliphatic heterocycles. The molecule has 0 saturated heterocycles. The van der Waals surface area contributed by atoms with Gasteiger partial charge in [-0.05, 0) is 44.0 Å². The lowest BCUT2D eigenvalue weighted by Gasteiger charge is -2.37. The molecule has 0 fully saturated rings. The van der Waals surface area contributed by atoms with Gasteiger partial charge in [0.05, 0.1) is 13.1 Å². The van der Waals surface area contributed by atoms with Crippen molar-refractivity contribution in [3.05, 3.63) is 60.7 Å². The quantitative estimate of drug-likeness (QED) is 0.380. The van der Waals surface area contributed by atoms with Crippen LogP contribution in [-0.2, 0) is 0 Å². The van der Waals surface area contributed by atoms with Crippen molar-refractivity contribution in [3.63, 3.8) is 0 Å². The molecule has 0 aliphatic rings. The van der Waals surface area contributed by atoms with Gasteiger partial charge < -0.3 is 12.4 Å². The molecular weight excluding hydrogens is 338 g/mol. The van der Waals surface area contributed by atoms with Crippen molar-refractivity contribution in [1.29, 1.82) is 0 Å². The highest BCUT2D eigenvalue weighted by molar-refractivity contribution is 5.58. The highest BCUT2D eigenvalue weighted by atomic mass is 35.5. The molecule has 2 heteroatoms. The Kier molecular flexibility index (Phi) is 11.3. The molecule has 0 heterocycles. The second kappa shape index (κ2) is 12.9. The highest BCUT2D eigenvalue weighted by Gasteiger charge is 2.30. The number of para-hydroxylation sites is 2. The molecule has 0 saturated carbocycles. The number of hydrogen-bond acceptors (Lipinski definition) is 0.